The molecule has 1 aliphatic rings. The van der Waals surface area contributed by atoms with Crippen molar-refractivity contribution in [1.82, 2.24) is 0 Å². The van der Waals surface area contributed by atoms with Crippen molar-refractivity contribution in [2.45, 2.75) is 32.2 Å². The van der Waals surface area contributed by atoms with Crippen molar-refractivity contribution in [3.63, 3.8) is 0 Å². The van der Waals surface area contributed by atoms with Gasteiger partial charge in [0.2, 0.25) is 5.91 Å². The molecule has 0 spiro atoms. The lowest BCUT2D eigenvalue weighted by atomic mass is 10.1. The van der Waals surface area contributed by atoms with Crippen LogP contribution in [0.1, 0.15) is 24.5 Å². The van der Waals surface area contributed by atoms with Crippen LogP contribution in [0.25, 0.3) is 0 Å². The first-order valence-corrected chi connectivity index (χ1v) is 6.73. The topological polar surface area (TPSA) is 72.6 Å². The van der Waals surface area contributed by atoms with Gasteiger partial charge in [-0.3, -0.25) is 9.59 Å². The molecular weight excluding hydrogens is 256 g/mol. The summed E-state index contributed by atoms with van der Waals surface area (Å²) < 4.78 is 4.61. The molecule has 1 amide bonds. The summed E-state index contributed by atoms with van der Waals surface area (Å²) in [6, 6.07) is 6.10. The first kappa shape index (κ1) is 14.5. The average molecular weight is 276 g/mol. The number of ether oxygens (including phenoxy) is 1. The Hall–Kier alpha value is -1.88. The molecule has 1 aromatic rings. The molecule has 1 unspecified atom stereocenters. The predicted molar refractivity (Wildman–Crippen MR) is 76.5 cm³/mol. The summed E-state index contributed by atoms with van der Waals surface area (Å²) in [5.41, 5.74) is 9.20. The summed E-state index contributed by atoms with van der Waals surface area (Å²) in [4.78, 5) is 24.6. The second-order valence-corrected chi connectivity index (χ2v) is 5.12. The number of carbonyl (C=O) groups is 2. The van der Waals surface area contributed by atoms with Crippen LogP contribution in [-0.2, 0) is 27.2 Å². The molecule has 2 rings (SSSR count). The van der Waals surface area contributed by atoms with Crippen molar-refractivity contribution in [3.8, 4) is 0 Å². The van der Waals surface area contributed by atoms with Gasteiger partial charge in [0.25, 0.3) is 0 Å². The van der Waals surface area contributed by atoms with E-state index in [4.69, 9.17) is 5.73 Å². The van der Waals surface area contributed by atoms with Crippen molar-refractivity contribution in [2.75, 3.05) is 18.6 Å². The Bertz CT molecular complexity index is 528. The molecule has 0 aliphatic heterocycles. The van der Waals surface area contributed by atoms with Crippen molar-refractivity contribution < 1.29 is 14.3 Å². The van der Waals surface area contributed by atoms with Gasteiger partial charge in [-0.15, -0.1) is 0 Å². The standard InChI is InChI=1S/C15H20N2O3/c1-10(18)17(6-5-15(19)20-2)14-4-3-11-7-13(16)8-12(11)9-14/h3-4,9,13H,5-8,16H2,1-2H3. The van der Waals surface area contributed by atoms with Gasteiger partial charge in [0.05, 0.1) is 13.5 Å². The molecule has 0 bridgehead atoms. The molecule has 0 aromatic heterocycles. The molecule has 5 nitrogen and oxygen atoms in total. The number of benzene rings is 1. The molecule has 1 atom stereocenters. The van der Waals surface area contributed by atoms with Gasteiger partial charge in [-0.25, -0.2) is 0 Å². The molecule has 0 saturated carbocycles. The molecule has 2 N–H and O–H groups in total. The van der Waals surface area contributed by atoms with Crippen LogP contribution >= 0.6 is 0 Å². The number of fused-ring (bicyclic) bond motifs is 1. The highest BCUT2D eigenvalue weighted by atomic mass is 16.5. The minimum absolute atomic E-state index is 0.0869. The largest absolute Gasteiger partial charge is 0.469 e. The minimum atomic E-state index is -0.320. The quantitative estimate of drug-likeness (QED) is 0.834. The molecule has 0 heterocycles. The molecule has 1 aliphatic carbocycles. The Morgan fingerprint density at radius 3 is 2.70 bits per heavy atom. The number of amides is 1. The Labute approximate surface area is 118 Å². The maximum atomic E-state index is 11.8. The van der Waals surface area contributed by atoms with E-state index in [9.17, 15) is 9.59 Å². The molecule has 1 aromatic carbocycles. The van der Waals surface area contributed by atoms with E-state index in [1.54, 1.807) is 4.90 Å². The third kappa shape index (κ3) is 3.17. The van der Waals surface area contributed by atoms with Gasteiger partial charge in [-0.1, -0.05) is 6.07 Å². The van der Waals surface area contributed by atoms with Crippen LogP contribution in [0.2, 0.25) is 0 Å². The van der Waals surface area contributed by atoms with Gasteiger partial charge in [-0.2, -0.15) is 0 Å². The summed E-state index contributed by atoms with van der Waals surface area (Å²) in [6.45, 7) is 1.82. The Morgan fingerprint density at radius 2 is 2.05 bits per heavy atom. The second-order valence-electron chi connectivity index (χ2n) is 5.12. The fourth-order valence-electron chi connectivity index (χ4n) is 2.58. The van der Waals surface area contributed by atoms with Gasteiger partial charge in [0, 0.05) is 25.2 Å². The molecular formula is C15H20N2O3. The molecule has 5 heteroatoms. The highest BCUT2D eigenvalue weighted by Crippen LogP contribution is 2.26. The number of hydrogen-bond acceptors (Lipinski definition) is 4. The lowest BCUT2D eigenvalue weighted by Crippen LogP contribution is -2.31. The number of methoxy groups -OCH3 is 1. The normalized spacial score (nSPS) is 16.6. The SMILES string of the molecule is COC(=O)CCN(C(C)=O)c1ccc2c(c1)CC(N)C2. The number of nitrogens with zero attached hydrogens (tertiary/aromatic N) is 1. The predicted octanol–water partition coefficient (Wildman–Crippen LogP) is 1.03. The highest BCUT2D eigenvalue weighted by molar-refractivity contribution is 5.92. The zero-order chi connectivity index (χ0) is 14.7. The Balaban J connectivity index is 2.16. The van der Waals surface area contributed by atoms with Crippen LogP contribution in [0.15, 0.2) is 18.2 Å². The van der Waals surface area contributed by atoms with Crippen LogP contribution in [0.5, 0.6) is 0 Å². The van der Waals surface area contributed by atoms with Crippen LogP contribution in [-0.4, -0.2) is 31.6 Å². The fourth-order valence-corrected chi connectivity index (χ4v) is 2.58. The van der Waals surface area contributed by atoms with Crippen molar-refractivity contribution >= 4 is 17.6 Å². The van der Waals surface area contributed by atoms with Crippen LogP contribution in [0, 0.1) is 0 Å². The first-order chi connectivity index (χ1) is 9.51. The molecule has 20 heavy (non-hydrogen) atoms. The average Bonchev–Trinajstić information content (AvgIpc) is 2.77. The molecule has 0 radical (unpaired) electrons. The zero-order valence-electron chi connectivity index (χ0n) is 11.9. The van der Waals surface area contributed by atoms with E-state index in [0.717, 1.165) is 18.5 Å². The number of rotatable bonds is 4. The molecule has 108 valence electrons. The fraction of sp³-hybridized carbons (Fsp3) is 0.467. The maximum Gasteiger partial charge on any atom is 0.307 e. The van der Waals surface area contributed by atoms with E-state index in [2.05, 4.69) is 4.74 Å². The minimum Gasteiger partial charge on any atom is -0.469 e. The number of nitrogens with two attached hydrogens (primary N) is 1. The molecule has 0 saturated heterocycles. The third-order valence-corrected chi connectivity index (χ3v) is 3.61. The van der Waals surface area contributed by atoms with E-state index in [0.29, 0.717) is 6.54 Å². The van der Waals surface area contributed by atoms with Gasteiger partial charge < -0.3 is 15.4 Å². The van der Waals surface area contributed by atoms with E-state index in [-0.39, 0.29) is 24.3 Å². The second kappa shape index (κ2) is 6.05. The Kier molecular flexibility index (Phi) is 4.39. The maximum absolute atomic E-state index is 11.8. The third-order valence-electron chi connectivity index (χ3n) is 3.61. The van der Waals surface area contributed by atoms with Crippen LogP contribution < -0.4 is 10.6 Å². The summed E-state index contributed by atoms with van der Waals surface area (Å²) in [5.74, 6) is -0.407. The van der Waals surface area contributed by atoms with Crippen molar-refractivity contribution in [3.05, 3.63) is 29.3 Å². The Morgan fingerprint density at radius 1 is 1.35 bits per heavy atom. The first-order valence-electron chi connectivity index (χ1n) is 6.73. The number of anilines is 1. The van der Waals surface area contributed by atoms with Crippen LogP contribution in [0.4, 0.5) is 5.69 Å². The van der Waals surface area contributed by atoms with Gasteiger partial charge in [0.1, 0.15) is 0 Å². The monoisotopic (exact) mass is 276 g/mol. The van der Waals surface area contributed by atoms with E-state index in [1.165, 1.54) is 25.2 Å². The van der Waals surface area contributed by atoms with Crippen molar-refractivity contribution in [1.29, 1.82) is 0 Å². The number of hydrogen-bond donors (Lipinski definition) is 1. The summed E-state index contributed by atoms with van der Waals surface area (Å²) in [6.07, 6.45) is 1.91. The van der Waals surface area contributed by atoms with E-state index in [1.807, 2.05) is 18.2 Å². The smallest absolute Gasteiger partial charge is 0.307 e. The van der Waals surface area contributed by atoms with E-state index < -0.39 is 0 Å². The zero-order valence-corrected chi connectivity index (χ0v) is 11.9. The summed E-state index contributed by atoms with van der Waals surface area (Å²) in [7, 11) is 1.34. The van der Waals surface area contributed by atoms with E-state index >= 15 is 0 Å². The summed E-state index contributed by atoms with van der Waals surface area (Å²) >= 11 is 0. The lowest BCUT2D eigenvalue weighted by Gasteiger charge is -2.21. The highest BCUT2D eigenvalue weighted by Gasteiger charge is 2.20. The summed E-state index contributed by atoms with van der Waals surface area (Å²) in [5, 5.41) is 0. The number of carbonyl (C=O) groups excluding carboxylic acids is 2. The van der Waals surface area contributed by atoms with Crippen molar-refractivity contribution in [2.24, 2.45) is 5.73 Å². The van der Waals surface area contributed by atoms with Crippen LogP contribution in [0.3, 0.4) is 0 Å². The lowest BCUT2D eigenvalue weighted by molar-refractivity contribution is -0.140. The van der Waals surface area contributed by atoms with Gasteiger partial charge in [0.15, 0.2) is 0 Å². The number of esters is 1. The van der Waals surface area contributed by atoms with Gasteiger partial charge in [-0.05, 0) is 36.1 Å². The molecule has 0 fully saturated rings. The van der Waals surface area contributed by atoms with Gasteiger partial charge >= 0.3 is 5.97 Å².